The first kappa shape index (κ1) is 17.1. The molecule has 0 aliphatic carbocycles. The Morgan fingerprint density at radius 3 is 2.57 bits per heavy atom. The van der Waals surface area contributed by atoms with E-state index in [0.717, 1.165) is 6.42 Å². The number of carbonyl (C=O) groups is 2. The van der Waals surface area contributed by atoms with E-state index < -0.39 is 5.97 Å². The Labute approximate surface area is 123 Å². The fraction of sp³-hybridized carbons (Fsp3) is 0.769. The predicted octanol–water partition coefficient (Wildman–Crippen LogP) is 0.707. The molecule has 0 saturated heterocycles. The lowest BCUT2D eigenvalue weighted by Gasteiger charge is -2.30. The maximum absolute atomic E-state index is 11.7. The zero-order chi connectivity index (χ0) is 15.9. The van der Waals surface area contributed by atoms with Crippen molar-refractivity contribution in [3.63, 3.8) is 0 Å². The zero-order valence-electron chi connectivity index (χ0n) is 12.7. The molecule has 1 aromatic heterocycles. The molecular weight excluding hydrogens is 274 g/mol. The van der Waals surface area contributed by atoms with Crippen molar-refractivity contribution in [2.24, 2.45) is 11.3 Å². The monoisotopic (exact) mass is 297 g/mol. The lowest BCUT2D eigenvalue weighted by molar-refractivity contribution is -0.137. The first-order valence-electron chi connectivity index (χ1n) is 6.98. The van der Waals surface area contributed by atoms with Gasteiger partial charge in [-0.3, -0.25) is 9.59 Å². The maximum atomic E-state index is 11.7. The van der Waals surface area contributed by atoms with Gasteiger partial charge in [0.25, 0.3) is 0 Å². The minimum absolute atomic E-state index is 0.00992. The molecule has 8 nitrogen and oxygen atoms in total. The lowest BCUT2D eigenvalue weighted by Crippen LogP contribution is -2.32. The Kier molecular flexibility index (Phi) is 6.26. The van der Waals surface area contributed by atoms with Crippen molar-refractivity contribution in [2.45, 2.75) is 46.6 Å². The molecule has 1 unspecified atom stereocenters. The molecule has 1 aromatic rings. The summed E-state index contributed by atoms with van der Waals surface area (Å²) in [5, 5.41) is 22.1. The highest BCUT2D eigenvalue weighted by molar-refractivity contribution is 5.75. The maximum Gasteiger partial charge on any atom is 0.303 e. The van der Waals surface area contributed by atoms with E-state index in [-0.39, 0.29) is 30.2 Å². The van der Waals surface area contributed by atoms with Crippen LogP contribution in [0, 0.1) is 11.3 Å². The molecule has 1 rings (SSSR count). The summed E-state index contributed by atoms with van der Waals surface area (Å²) in [6.07, 6.45) is 2.89. The van der Waals surface area contributed by atoms with Gasteiger partial charge in [0.1, 0.15) is 12.9 Å². The van der Waals surface area contributed by atoms with E-state index in [4.69, 9.17) is 5.11 Å². The zero-order valence-corrected chi connectivity index (χ0v) is 12.7. The van der Waals surface area contributed by atoms with Crippen LogP contribution in [0.5, 0.6) is 0 Å². The van der Waals surface area contributed by atoms with Gasteiger partial charge in [-0.25, -0.2) is 4.68 Å². The molecule has 0 aromatic carbocycles. The molecule has 0 fully saturated rings. The molecule has 0 aliphatic heterocycles. The largest absolute Gasteiger partial charge is 0.481 e. The Morgan fingerprint density at radius 1 is 1.33 bits per heavy atom. The fourth-order valence-electron chi connectivity index (χ4n) is 2.15. The number of rotatable bonds is 8. The number of nitrogens with zero attached hydrogens (tertiary/aromatic N) is 4. The number of carboxylic acid groups (broad SMARTS) is 1. The van der Waals surface area contributed by atoms with Gasteiger partial charge in [0.05, 0.1) is 0 Å². The Hall–Kier alpha value is -1.99. The van der Waals surface area contributed by atoms with E-state index in [2.05, 4.69) is 41.6 Å². The fourth-order valence-corrected chi connectivity index (χ4v) is 2.15. The smallest absolute Gasteiger partial charge is 0.303 e. The third-order valence-corrected chi connectivity index (χ3v) is 3.44. The van der Waals surface area contributed by atoms with Crippen molar-refractivity contribution in [3.05, 3.63) is 6.33 Å². The Bertz CT molecular complexity index is 453. The molecule has 1 amide bonds. The number of hydrogen-bond donors (Lipinski definition) is 2. The summed E-state index contributed by atoms with van der Waals surface area (Å²) < 4.78 is 1.35. The number of aliphatic carboxylic acids is 1. The van der Waals surface area contributed by atoms with E-state index >= 15 is 0 Å². The van der Waals surface area contributed by atoms with E-state index in [1.165, 1.54) is 11.0 Å². The van der Waals surface area contributed by atoms with Gasteiger partial charge in [-0.05, 0) is 34.6 Å². The highest BCUT2D eigenvalue weighted by Gasteiger charge is 2.24. The summed E-state index contributed by atoms with van der Waals surface area (Å²) in [6, 6.07) is 0. The summed E-state index contributed by atoms with van der Waals surface area (Å²) in [7, 11) is 0. The van der Waals surface area contributed by atoms with Crippen LogP contribution in [0.2, 0.25) is 0 Å². The second-order valence-corrected chi connectivity index (χ2v) is 6.14. The van der Waals surface area contributed by atoms with Gasteiger partial charge in [-0.1, -0.05) is 20.8 Å². The van der Waals surface area contributed by atoms with Crippen molar-refractivity contribution in [1.82, 2.24) is 25.5 Å². The number of aromatic nitrogens is 4. The average molecular weight is 297 g/mol. The topological polar surface area (TPSA) is 110 Å². The van der Waals surface area contributed by atoms with Crippen LogP contribution in [0.4, 0.5) is 0 Å². The van der Waals surface area contributed by atoms with Crippen LogP contribution >= 0.6 is 0 Å². The van der Waals surface area contributed by atoms with Crippen molar-refractivity contribution in [1.29, 1.82) is 0 Å². The second-order valence-electron chi connectivity index (χ2n) is 6.14. The number of carboxylic acids is 1. The Morgan fingerprint density at radius 2 is 2.05 bits per heavy atom. The standard InChI is InChI=1S/C13H23N5O3/c1-13(2,3)10(4-5-12(20)21)6-7-14-11(19)8-18-9-15-16-17-18/h9-10H,4-8H2,1-3H3,(H,14,19)(H,20,21). The first-order valence-corrected chi connectivity index (χ1v) is 6.98. The molecule has 2 N–H and O–H groups in total. The van der Waals surface area contributed by atoms with Crippen LogP contribution in [0.25, 0.3) is 0 Å². The van der Waals surface area contributed by atoms with Crippen molar-refractivity contribution < 1.29 is 14.7 Å². The molecule has 118 valence electrons. The van der Waals surface area contributed by atoms with Gasteiger partial charge in [0, 0.05) is 13.0 Å². The molecular formula is C13H23N5O3. The normalized spacial score (nSPS) is 12.9. The third kappa shape index (κ3) is 6.82. The quantitative estimate of drug-likeness (QED) is 0.731. The summed E-state index contributed by atoms with van der Waals surface area (Å²) >= 11 is 0. The van der Waals surface area contributed by atoms with Crippen molar-refractivity contribution >= 4 is 11.9 Å². The summed E-state index contributed by atoms with van der Waals surface area (Å²) in [6.45, 7) is 6.86. The SMILES string of the molecule is CC(C)(C)C(CCNC(=O)Cn1cnnn1)CCC(=O)O. The Balaban J connectivity index is 2.35. The van der Waals surface area contributed by atoms with Gasteiger partial charge in [0.2, 0.25) is 5.91 Å². The van der Waals surface area contributed by atoms with Gasteiger partial charge in [-0.15, -0.1) is 5.10 Å². The van der Waals surface area contributed by atoms with Crippen LogP contribution < -0.4 is 5.32 Å². The second kappa shape index (κ2) is 7.70. The van der Waals surface area contributed by atoms with Gasteiger partial charge in [0.15, 0.2) is 0 Å². The van der Waals surface area contributed by atoms with Crippen LogP contribution in [0.1, 0.15) is 40.0 Å². The van der Waals surface area contributed by atoms with Gasteiger partial charge >= 0.3 is 5.97 Å². The molecule has 1 heterocycles. The molecule has 0 spiro atoms. The molecule has 8 heteroatoms. The van der Waals surface area contributed by atoms with Crippen LogP contribution in [0.15, 0.2) is 6.33 Å². The predicted molar refractivity (Wildman–Crippen MR) is 75.3 cm³/mol. The van der Waals surface area contributed by atoms with Gasteiger partial charge in [-0.2, -0.15) is 0 Å². The van der Waals surface area contributed by atoms with E-state index in [0.29, 0.717) is 13.0 Å². The van der Waals surface area contributed by atoms with E-state index in [1.807, 2.05) is 0 Å². The number of hydrogen-bond acceptors (Lipinski definition) is 5. The first-order chi connectivity index (χ1) is 9.79. The number of nitrogens with one attached hydrogen (secondary N) is 1. The highest BCUT2D eigenvalue weighted by atomic mass is 16.4. The van der Waals surface area contributed by atoms with Crippen molar-refractivity contribution in [2.75, 3.05) is 6.54 Å². The number of amides is 1. The highest BCUT2D eigenvalue weighted by Crippen LogP contribution is 2.32. The third-order valence-electron chi connectivity index (χ3n) is 3.44. The molecule has 0 saturated carbocycles. The average Bonchev–Trinajstić information content (AvgIpc) is 2.84. The summed E-state index contributed by atoms with van der Waals surface area (Å²) in [4.78, 5) is 22.4. The molecule has 0 radical (unpaired) electrons. The molecule has 1 atom stereocenters. The lowest BCUT2D eigenvalue weighted by atomic mass is 9.76. The minimum Gasteiger partial charge on any atom is -0.481 e. The molecule has 0 bridgehead atoms. The van der Waals surface area contributed by atoms with Crippen LogP contribution in [0.3, 0.4) is 0 Å². The number of carbonyl (C=O) groups excluding carboxylic acids is 1. The van der Waals surface area contributed by atoms with E-state index in [1.54, 1.807) is 0 Å². The van der Waals surface area contributed by atoms with Crippen LogP contribution in [-0.2, 0) is 16.1 Å². The van der Waals surface area contributed by atoms with Gasteiger partial charge < -0.3 is 10.4 Å². The summed E-state index contributed by atoms with van der Waals surface area (Å²) in [5.74, 6) is -0.706. The minimum atomic E-state index is -0.785. The number of tetrazole rings is 1. The van der Waals surface area contributed by atoms with Crippen molar-refractivity contribution in [3.8, 4) is 0 Å². The molecule has 0 aliphatic rings. The molecule has 21 heavy (non-hydrogen) atoms. The van der Waals surface area contributed by atoms with Crippen LogP contribution in [-0.4, -0.2) is 43.7 Å². The summed E-state index contributed by atoms with van der Waals surface area (Å²) in [5.41, 5.74) is 0.00992. The van der Waals surface area contributed by atoms with E-state index in [9.17, 15) is 9.59 Å².